The quantitative estimate of drug-likeness (QED) is 0.766. The predicted octanol–water partition coefficient (Wildman–Crippen LogP) is 2.82. The summed E-state index contributed by atoms with van der Waals surface area (Å²) in [5, 5.41) is 12.9. The fourth-order valence-corrected chi connectivity index (χ4v) is 3.12. The van der Waals surface area contributed by atoms with E-state index in [1.54, 1.807) is 0 Å². The van der Waals surface area contributed by atoms with E-state index >= 15 is 0 Å². The molecule has 0 aliphatic heterocycles. The third kappa shape index (κ3) is 5.21. The van der Waals surface area contributed by atoms with Gasteiger partial charge in [-0.1, -0.05) is 0 Å². The molecule has 26 heavy (non-hydrogen) atoms. The van der Waals surface area contributed by atoms with Crippen molar-refractivity contribution in [1.82, 2.24) is 10.3 Å². The van der Waals surface area contributed by atoms with Gasteiger partial charge in [0.25, 0.3) is 0 Å². The van der Waals surface area contributed by atoms with Crippen LogP contribution in [0.2, 0.25) is 0 Å². The first-order valence-corrected chi connectivity index (χ1v) is 9.25. The molecule has 1 saturated carbocycles. The summed E-state index contributed by atoms with van der Waals surface area (Å²) >= 11 is 0. The molecule has 3 rings (SSSR count). The maximum atomic E-state index is 9.37. The number of aromatic nitrogens is 1. The Kier molecular flexibility index (Phi) is 5.75. The Morgan fingerprint density at radius 2 is 2.04 bits per heavy atom. The number of aryl methyl sites for hydroxylation is 3. The van der Waals surface area contributed by atoms with E-state index in [-0.39, 0.29) is 0 Å². The molecular formula is C21H27N5. The van der Waals surface area contributed by atoms with Crippen LogP contribution in [0.25, 0.3) is 0 Å². The van der Waals surface area contributed by atoms with Gasteiger partial charge in [-0.25, -0.2) is 4.98 Å². The van der Waals surface area contributed by atoms with Crippen molar-refractivity contribution in [3.05, 3.63) is 52.7 Å². The van der Waals surface area contributed by atoms with Gasteiger partial charge in [0.15, 0.2) is 0 Å². The molecule has 3 N–H and O–H groups in total. The lowest BCUT2D eigenvalue weighted by molar-refractivity contribution is 0.675. The highest BCUT2D eigenvalue weighted by atomic mass is 15.1. The third-order valence-corrected chi connectivity index (χ3v) is 4.72. The summed E-state index contributed by atoms with van der Waals surface area (Å²) in [4.78, 5) is 6.62. The second-order valence-electron chi connectivity index (χ2n) is 7.21. The van der Waals surface area contributed by atoms with Crippen LogP contribution >= 0.6 is 0 Å². The fraction of sp³-hybridized carbons (Fsp3) is 0.429. The van der Waals surface area contributed by atoms with Gasteiger partial charge < -0.3 is 16.0 Å². The van der Waals surface area contributed by atoms with E-state index in [1.807, 2.05) is 25.1 Å². The summed E-state index contributed by atoms with van der Waals surface area (Å²) in [7, 11) is 2.08. The SMILES string of the molecule is Cc1cc(N)nc(CCc2cc(C#N)cc(N(C)CCNC3CC3)c2)c1. The van der Waals surface area contributed by atoms with Crippen molar-refractivity contribution in [1.29, 1.82) is 5.26 Å². The van der Waals surface area contributed by atoms with Gasteiger partial charge in [0.05, 0.1) is 11.6 Å². The van der Waals surface area contributed by atoms with Crippen molar-refractivity contribution in [2.24, 2.45) is 0 Å². The minimum atomic E-state index is 0.564. The predicted molar refractivity (Wildman–Crippen MR) is 106 cm³/mol. The third-order valence-electron chi connectivity index (χ3n) is 4.72. The number of nitriles is 1. The van der Waals surface area contributed by atoms with Crippen molar-refractivity contribution in [2.45, 2.75) is 38.6 Å². The van der Waals surface area contributed by atoms with Crippen LogP contribution in [0.5, 0.6) is 0 Å². The lowest BCUT2D eigenvalue weighted by Crippen LogP contribution is -2.30. The molecule has 0 saturated heterocycles. The molecule has 1 aromatic heterocycles. The monoisotopic (exact) mass is 349 g/mol. The molecule has 0 spiro atoms. The van der Waals surface area contributed by atoms with E-state index in [1.165, 1.54) is 12.8 Å². The number of likely N-dealkylation sites (N-methyl/N-ethyl adjacent to an activating group) is 1. The van der Waals surface area contributed by atoms with Gasteiger partial charge in [-0.3, -0.25) is 0 Å². The average Bonchev–Trinajstić information content (AvgIpc) is 3.43. The van der Waals surface area contributed by atoms with E-state index in [0.717, 1.165) is 54.5 Å². The van der Waals surface area contributed by atoms with E-state index in [9.17, 15) is 5.26 Å². The van der Waals surface area contributed by atoms with Crippen LogP contribution in [-0.4, -0.2) is 31.2 Å². The molecule has 0 bridgehead atoms. The molecule has 136 valence electrons. The number of rotatable bonds is 8. The van der Waals surface area contributed by atoms with Gasteiger partial charge in [-0.2, -0.15) is 5.26 Å². The maximum Gasteiger partial charge on any atom is 0.123 e. The van der Waals surface area contributed by atoms with Crippen LogP contribution in [0, 0.1) is 18.3 Å². The second-order valence-corrected chi connectivity index (χ2v) is 7.21. The van der Waals surface area contributed by atoms with Crippen LogP contribution in [-0.2, 0) is 12.8 Å². The number of hydrogen-bond acceptors (Lipinski definition) is 5. The van der Waals surface area contributed by atoms with E-state index in [2.05, 4.69) is 40.5 Å². The molecule has 0 radical (unpaired) electrons. The van der Waals surface area contributed by atoms with Gasteiger partial charge in [0, 0.05) is 37.6 Å². The highest BCUT2D eigenvalue weighted by molar-refractivity contribution is 5.54. The summed E-state index contributed by atoms with van der Waals surface area (Å²) in [6.45, 7) is 3.93. The summed E-state index contributed by atoms with van der Waals surface area (Å²) in [6.07, 6.45) is 4.25. The molecule has 1 aliphatic rings. The Morgan fingerprint density at radius 3 is 2.73 bits per heavy atom. The Morgan fingerprint density at radius 1 is 1.23 bits per heavy atom. The number of benzene rings is 1. The van der Waals surface area contributed by atoms with Crippen molar-refractivity contribution in [2.75, 3.05) is 30.8 Å². The first-order chi connectivity index (χ1) is 12.5. The fourth-order valence-electron chi connectivity index (χ4n) is 3.12. The second kappa shape index (κ2) is 8.20. The number of nitrogen functional groups attached to an aromatic ring is 1. The molecular weight excluding hydrogens is 322 g/mol. The van der Waals surface area contributed by atoms with E-state index in [4.69, 9.17) is 5.73 Å². The largest absolute Gasteiger partial charge is 0.384 e. The smallest absolute Gasteiger partial charge is 0.123 e. The van der Waals surface area contributed by atoms with Crippen LogP contribution in [0.15, 0.2) is 30.3 Å². The topological polar surface area (TPSA) is 78.0 Å². The first-order valence-electron chi connectivity index (χ1n) is 9.25. The van der Waals surface area contributed by atoms with Gasteiger partial charge in [0.2, 0.25) is 0 Å². The summed E-state index contributed by atoms with van der Waals surface area (Å²) in [5.74, 6) is 0.564. The molecule has 2 aromatic rings. The van der Waals surface area contributed by atoms with Crippen LogP contribution in [0.3, 0.4) is 0 Å². The van der Waals surface area contributed by atoms with Gasteiger partial charge in [-0.15, -0.1) is 0 Å². The van der Waals surface area contributed by atoms with Crippen molar-refractivity contribution in [3.8, 4) is 6.07 Å². The standard InChI is InChI=1S/C21H27N5/c1-15-9-19(25-21(23)10-15)4-3-16-11-17(14-22)13-20(12-16)26(2)8-7-24-18-5-6-18/h9-13,18,24H,3-8H2,1-2H3,(H2,23,25). The average molecular weight is 349 g/mol. The Hall–Kier alpha value is -2.58. The van der Waals surface area contributed by atoms with Crippen LogP contribution < -0.4 is 16.0 Å². The molecule has 0 amide bonds. The number of anilines is 2. The maximum absolute atomic E-state index is 9.37. The normalized spacial score (nSPS) is 13.4. The van der Waals surface area contributed by atoms with Gasteiger partial charge >= 0.3 is 0 Å². The molecule has 5 heteroatoms. The van der Waals surface area contributed by atoms with E-state index in [0.29, 0.717) is 11.4 Å². The zero-order valence-electron chi connectivity index (χ0n) is 15.6. The zero-order valence-corrected chi connectivity index (χ0v) is 15.6. The lowest BCUT2D eigenvalue weighted by Gasteiger charge is -2.21. The Bertz CT molecular complexity index is 784. The number of hydrogen-bond donors (Lipinski definition) is 2. The minimum absolute atomic E-state index is 0.564. The van der Waals surface area contributed by atoms with Gasteiger partial charge in [-0.05, 0) is 74.1 Å². The molecule has 0 atom stereocenters. The molecule has 1 heterocycles. The molecule has 1 fully saturated rings. The van der Waals surface area contributed by atoms with Crippen molar-refractivity contribution < 1.29 is 0 Å². The van der Waals surface area contributed by atoms with Crippen LogP contribution in [0.1, 0.15) is 35.2 Å². The zero-order chi connectivity index (χ0) is 18.5. The number of pyridine rings is 1. The number of nitrogens with one attached hydrogen (secondary N) is 1. The van der Waals surface area contributed by atoms with Crippen molar-refractivity contribution >= 4 is 11.5 Å². The number of nitrogens with two attached hydrogens (primary N) is 1. The molecule has 1 aromatic carbocycles. The summed E-state index contributed by atoms with van der Waals surface area (Å²) in [6, 6.07) is 13.1. The first kappa shape index (κ1) is 18.2. The molecule has 5 nitrogen and oxygen atoms in total. The van der Waals surface area contributed by atoms with E-state index < -0.39 is 0 Å². The Balaban J connectivity index is 1.66. The Labute approximate surface area is 155 Å². The lowest BCUT2D eigenvalue weighted by atomic mass is 10.0. The van der Waals surface area contributed by atoms with Gasteiger partial charge in [0.1, 0.15) is 5.82 Å². The minimum Gasteiger partial charge on any atom is -0.384 e. The highest BCUT2D eigenvalue weighted by Crippen LogP contribution is 2.21. The van der Waals surface area contributed by atoms with Crippen LogP contribution in [0.4, 0.5) is 11.5 Å². The summed E-state index contributed by atoms with van der Waals surface area (Å²) < 4.78 is 0. The van der Waals surface area contributed by atoms with Crippen molar-refractivity contribution in [3.63, 3.8) is 0 Å². The highest BCUT2D eigenvalue weighted by Gasteiger charge is 2.19. The summed E-state index contributed by atoms with van der Waals surface area (Å²) in [5.41, 5.74) is 10.9. The molecule has 0 unspecified atom stereocenters. The molecule has 1 aliphatic carbocycles. The number of nitrogens with zero attached hydrogens (tertiary/aromatic N) is 3.